The quantitative estimate of drug-likeness (QED) is 0.283. The Morgan fingerprint density at radius 2 is 1.19 bits per heavy atom. The van der Waals surface area contributed by atoms with Gasteiger partial charge in [0.15, 0.2) is 0 Å². The van der Waals surface area contributed by atoms with Gasteiger partial charge in [0.1, 0.15) is 5.75 Å². The van der Waals surface area contributed by atoms with E-state index in [-0.39, 0.29) is 0 Å². The van der Waals surface area contributed by atoms with Crippen molar-refractivity contribution in [1.29, 1.82) is 0 Å². The van der Waals surface area contributed by atoms with E-state index in [4.69, 9.17) is 4.74 Å². The number of benzene rings is 3. The van der Waals surface area contributed by atoms with Crippen molar-refractivity contribution in [3.63, 3.8) is 0 Å². The molecule has 1 aromatic heterocycles. The number of nitrogens with zero attached hydrogens (tertiary/aromatic N) is 4. The van der Waals surface area contributed by atoms with Gasteiger partial charge in [0.2, 0.25) is 17.8 Å². The number of nitrogens with one attached hydrogen (secondary N) is 3. The van der Waals surface area contributed by atoms with Crippen molar-refractivity contribution >= 4 is 35.4 Å². The van der Waals surface area contributed by atoms with Gasteiger partial charge in [-0.3, -0.25) is 0 Å². The first kappa shape index (κ1) is 19.8. The molecule has 154 valence electrons. The van der Waals surface area contributed by atoms with Gasteiger partial charge < -0.3 is 15.4 Å². The molecular formula is C23H21N7O. The summed E-state index contributed by atoms with van der Waals surface area (Å²) in [6, 6.07) is 26.9. The first-order valence-electron chi connectivity index (χ1n) is 9.62. The van der Waals surface area contributed by atoms with Gasteiger partial charge in [-0.1, -0.05) is 36.4 Å². The standard InChI is InChI=1S/C23H21N7O/c1-31-20-14-12-17(13-15-20)16-24-30-23-28-21(25-18-8-4-2-5-9-18)27-22(29-23)26-19-10-6-3-7-11-19/h2-16H,1H3,(H3,25,26,27,28,29,30)/b24-16-. The SMILES string of the molecule is COc1ccc(/C=N\Nc2nc(Nc3ccccc3)nc(Nc3ccccc3)n2)cc1. The summed E-state index contributed by atoms with van der Waals surface area (Å²) < 4.78 is 5.17. The Hall–Kier alpha value is -4.46. The summed E-state index contributed by atoms with van der Waals surface area (Å²) in [6.07, 6.45) is 1.68. The minimum atomic E-state index is 0.302. The van der Waals surface area contributed by atoms with E-state index in [2.05, 4.69) is 36.1 Å². The van der Waals surface area contributed by atoms with Crippen LogP contribution in [0.4, 0.5) is 29.2 Å². The van der Waals surface area contributed by atoms with Crippen LogP contribution >= 0.6 is 0 Å². The number of methoxy groups -OCH3 is 1. The second-order valence-electron chi connectivity index (χ2n) is 6.43. The molecule has 0 atom stereocenters. The van der Waals surface area contributed by atoms with Gasteiger partial charge in [-0.2, -0.15) is 20.1 Å². The van der Waals surface area contributed by atoms with Crippen LogP contribution in [0.5, 0.6) is 5.75 Å². The highest BCUT2D eigenvalue weighted by Crippen LogP contribution is 2.18. The summed E-state index contributed by atoms with van der Waals surface area (Å²) in [5.74, 6) is 1.87. The number of aromatic nitrogens is 3. The molecule has 3 aromatic carbocycles. The zero-order valence-corrected chi connectivity index (χ0v) is 16.9. The molecule has 4 rings (SSSR count). The van der Waals surface area contributed by atoms with Crippen molar-refractivity contribution in [3.05, 3.63) is 90.5 Å². The second kappa shape index (κ2) is 9.84. The number of anilines is 5. The van der Waals surface area contributed by atoms with Gasteiger partial charge in [0.25, 0.3) is 0 Å². The predicted molar refractivity (Wildman–Crippen MR) is 123 cm³/mol. The molecule has 0 radical (unpaired) electrons. The van der Waals surface area contributed by atoms with E-state index >= 15 is 0 Å². The van der Waals surface area contributed by atoms with Gasteiger partial charge in [-0.05, 0) is 54.1 Å². The fourth-order valence-electron chi connectivity index (χ4n) is 2.69. The molecule has 0 unspecified atom stereocenters. The van der Waals surface area contributed by atoms with Gasteiger partial charge in [-0.15, -0.1) is 0 Å². The van der Waals surface area contributed by atoms with E-state index in [9.17, 15) is 0 Å². The summed E-state index contributed by atoms with van der Waals surface area (Å²) in [6.45, 7) is 0. The van der Waals surface area contributed by atoms with Crippen LogP contribution < -0.4 is 20.8 Å². The normalized spacial score (nSPS) is 10.6. The van der Waals surface area contributed by atoms with Crippen LogP contribution in [0.15, 0.2) is 90.0 Å². The van der Waals surface area contributed by atoms with Crippen LogP contribution in [-0.2, 0) is 0 Å². The van der Waals surface area contributed by atoms with Crippen LogP contribution in [0.1, 0.15) is 5.56 Å². The lowest BCUT2D eigenvalue weighted by Gasteiger charge is -2.10. The molecule has 4 aromatic rings. The Labute approximate surface area is 180 Å². The highest BCUT2D eigenvalue weighted by Gasteiger charge is 2.07. The fraction of sp³-hybridized carbons (Fsp3) is 0.0435. The van der Waals surface area contributed by atoms with Gasteiger partial charge in [0.05, 0.1) is 13.3 Å². The fourth-order valence-corrected chi connectivity index (χ4v) is 2.69. The highest BCUT2D eigenvalue weighted by atomic mass is 16.5. The molecule has 1 heterocycles. The summed E-state index contributed by atoms with van der Waals surface area (Å²) in [5, 5.41) is 10.6. The molecule has 3 N–H and O–H groups in total. The molecule has 0 aliphatic heterocycles. The smallest absolute Gasteiger partial charge is 0.250 e. The Morgan fingerprint density at radius 3 is 1.71 bits per heavy atom. The van der Waals surface area contributed by atoms with Gasteiger partial charge in [0, 0.05) is 11.4 Å². The van der Waals surface area contributed by atoms with Gasteiger partial charge in [-0.25, -0.2) is 5.43 Å². The number of rotatable bonds is 8. The largest absolute Gasteiger partial charge is 0.497 e. The topological polar surface area (TPSA) is 96.4 Å². The van der Waals surface area contributed by atoms with E-state index in [0.717, 1.165) is 22.7 Å². The zero-order valence-electron chi connectivity index (χ0n) is 16.9. The number of hydrazone groups is 1. The maximum absolute atomic E-state index is 5.17. The van der Waals surface area contributed by atoms with E-state index in [0.29, 0.717) is 17.8 Å². The van der Waals surface area contributed by atoms with Crippen molar-refractivity contribution in [2.24, 2.45) is 5.10 Å². The first-order valence-corrected chi connectivity index (χ1v) is 9.62. The van der Waals surface area contributed by atoms with Crippen LogP contribution in [-0.4, -0.2) is 28.3 Å². The third kappa shape index (κ3) is 5.77. The maximum Gasteiger partial charge on any atom is 0.250 e. The lowest BCUT2D eigenvalue weighted by Crippen LogP contribution is -2.07. The number of para-hydroxylation sites is 2. The molecule has 0 saturated carbocycles. The minimum Gasteiger partial charge on any atom is -0.497 e. The summed E-state index contributed by atoms with van der Waals surface area (Å²) >= 11 is 0. The van der Waals surface area contributed by atoms with E-state index in [1.54, 1.807) is 13.3 Å². The summed E-state index contributed by atoms with van der Waals surface area (Å²) in [5.41, 5.74) is 5.52. The average Bonchev–Trinajstić information content (AvgIpc) is 2.81. The van der Waals surface area contributed by atoms with Crippen molar-refractivity contribution in [2.45, 2.75) is 0 Å². The summed E-state index contributed by atoms with van der Waals surface area (Å²) in [7, 11) is 1.63. The van der Waals surface area contributed by atoms with E-state index < -0.39 is 0 Å². The predicted octanol–water partition coefficient (Wildman–Crippen LogP) is 4.81. The summed E-state index contributed by atoms with van der Waals surface area (Å²) in [4.78, 5) is 13.3. The highest BCUT2D eigenvalue weighted by molar-refractivity contribution is 5.80. The lowest BCUT2D eigenvalue weighted by atomic mass is 10.2. The minimum absolute atomic E-state index is 0.302. The maximum atomic E-state index is 5.17. The lowest BCUT2D eigenvalue weighted by molar-refractivity contribution is 0.415. The van der Waals surface area contributed by atoms with Crippen molar-refractivity contribution in [1.82, 2.24) is 15.0 Å². The monoisotopic (exact) mass is 411 g/mol. The molecule has 0 saturated heterocycles. The molecular weight excluding hydrogens is 390 g/mol. The Balaban J connectivity index is 1.54. The molecule has 0 fully saturated rings. The van der Waals surface area contributed by atoms with Crippen LogP contribution in [0, 0.1) is 0 Å². The van der Waals surface area contributed by atoms with Crippen LogP contribution in [0.2, 0.25) is 0 Å². The van der Waals surface area contributed by atoms with Gasteiger partial charge >= 0.3 is 0 Å². The molecule has 0 aliphatic rings. The number of hydrogen-bond donors (Lipinski definition) is 3. The molecule has 8 heteroatoms. The molecule has 0 bridgehead atoms. The van der Waals surface area contributed by atoms with Crippen molar-refractivity contribution < 1.29 is 4.74 Å². The third-order valence-corrected chi connectivity index (χ3v) is 4.19. The Morgan fingerprint density at radius 1 is 0.677 bits per heavy atom. The van der Waals surface area contributed by atoms with E-state index in [1.165, 1.54) is 0 Å². The molecule has 8 nitrogen and oxygen atoms in total. The third-order valence-electron chi connectivity index (χ3n) is 4.19. The van der Waals surface area contributed by atoms with Crippen LogP contribution in [0.3, 0.4) is 0 Å². The Bertz CT molecular complexity index is 1070. The number of ether oxygens (including phenoxy) is 1. The first-order chi connectivity index (χ1) is 15.3. The molecule has 0 amide bonds. The number of hydrogen-bond acceptors (Lipinski definition) is 8. The van der Waals surface area contributed by atoms with Crippen molar-refractivity contribution in [2.75, 3.05) is 23.2 Å². The molecule has 0 aliphatic carbocycles. The average molecular weight is 411 g/mol. The zero-order chi connectivity index (χ0) is 21.3. The molecule has 31 heavy (non-hydrogen) atoms. The Kier molecular flexibility index (Phi) is 6.30. The van der Waals surface area contributed by atoms with Crippen molar-refractivity contribution in [3.8, 4) is 5.75 Å². The van der Waals surface area contributed by atoms with Crippen LogP contribution in [0.25, 0.3) is 0 Å². The molecule has 0 spiro atoms. The van der Waals surface area contributed by atoms with E-state index in [1.807, 2.05) is 84.9 Å². The second-order valence-corrected chi connectivity index (χ2v) is 6.43.